The maximum absolute atomic E-state index is 5.49. The van der Waals surface area contributed by atoms with Gasteiger partial charge in [0.05, 0.1) is 5.54 Å². The highest BCUT2D eigenvalue weighted by Gasteiger charge is 2.25. The fourth-order valence-corrected chi connectivity index (χ4v) is 1.73. The predicted molar refractivity (Wildman–Crippen MR) is 59.7 cm³/mol. The van der Waals surface area contributed by atoms with Gasteiger partial charge in [0.25, 0.3) is 0 Å². The largest absolute Gasteiger partial charge is 0.478 e. The van der Waals surface area contributed by atoms with Crippen LogP contribution in [0.15, 0.2) is 4.99 Å². The molecule has 3 heteroatoms. The van der Waals surface area contributed by atoms with Crippen LogP contribution in [0.3, 0.4) is 0 Å². The van der Waals surface area contributed by atoms with E-state index in [1.54, 1.807) is 0 Å². The van der Waals surface area contributed by atoms with E-state index in [1.807, 2.05) is 0 Å². The van der Waals surface area contributed by atoms with Crippen molar-refractivity contribution in [3.05, 3.63) is 0 Å². The molecule has 0 unspecified atom stereocenters. The highest BCUT2D eigenvalue weighted by atomic mass is 79.9. The van der Waals surface area contributed by atoms with E-state index in [0.717, 1.165) is 24.3 Å². The second kappa shape index (κ2) is 4.99. The molecule has 0 aromatic heterocycles. The van der Waals surface area contributed by atoms with Gasteiger partial charge in [0, 0.05) is 11.8 Å². The first-order valence-corrected chi connectivity index (χ1v) is 6.04. The second-order valence-corrected chi connectivity index (χ2v) is 4.90. The van der Waals surface area contributed by atoms with E-state index in [9.17, 15) is 0 Å². The van der Waals surface area contributed by atoms with Crippen LogP contribution in [0.25, 0.3) is 0 Å². The van der Waals surface area contributed by atoms with Crippen molar-refractivity contribution in [1.29, 1.82) is 0 Å². The summed E-state index contributed by atoms with van der Waals surface area (Å²) in [5, 5.41) is 1.10. The van der Waals surface area contributed by atoms with E-state index >= 15 is 0 Å². The van der Waals surface area contributed by atoms with Crippen LogP contribution in [0.1, 0.15) is 39.5 Å². The minimum Gasteiger partial charge on any atom is -0.478 e. The number of unbranched alkanes of at least 4 members (excludes halogenated alkanes) is 2. The van der Waals surface area contributed by atoms with Gasteiger partial charge in [0.2, 0.25) is 0 Å². The monoisotopic (exact) mass is 247 g/mol. The average molecular weight is 248 g/mol. The van der Waals surface area contributed by atoms with Gasteiger partial charge >= 0.3 is 0 Å². The van der Waals surface area contributed by atoms with Crippen molar-refractivity contribution < 1.29 is 4.74 Å². The standard InChI is InChI=1S/C10H18BrNO/c1-10(2)8-13-9(12-10)6-4-3-5-7-11/h3-8H2,1-2H3. The van der Waals surface area contributed by atoms with Crippen molar-refractivity contribution in [3.63, 3.8) is 0 Å². The van der Waals surface area contributed by atoms with Crippen LogP contribution in [0.4, 0.5) is 0 Å². The van der Waals surface area contributed by atoms with Gasteiger partial charge in [-0.2, -0.15) is 0 Å². The zero-order valence-corrected chi connectivity index (χ0v) is 10.1. The van der Waals surface area contributed by atoms with Crippen LogP contribution >= 0.6 is 15.9 Å². The number of ether oxygens (including phenoxy) is 1. The van der Waals surface area contributed by atoms with Gasteiger partial charge in [-0.3, -0.25) is 0 Å². The highest BCUT2D eigenvalue weighted by Crippen LogP contribution is 2.19. The number of hydrogen-bond acceptors (Lipinski definition) is 2. The van der Waals surface area contributed by atoms with Crippen LogP contribution in [-0.4, -0.2) is 23.4 Å². The Labute approximate surface area is 88.9 Å². The normalized spacial score (nSPS) is 19.8. The Hall–Kier alpha value is -0.0500. The first-order valence-electron chi connectivity index (χ1n) is 4.91. The zero-order chi connectivity index (χ0) is 9.73. The molecule has 0 saturated heterocycles. The molecule has 0 aliphatic carbocycles. The minimum absolute atomic E-state index is 0.0186. The molecule has 0 N–H and O–H groups in total. The van der Waals surface area contributed by atoms with Crippen LogP contribution in [0.5, 0.6) is 0 Å². The van der Waals surface area contributed by atoms with Crippen molar-refractivity contribution in [1.82, 2.24) is 0 Å². The van der Waals surface area contributed by atoms with Crippen LogP contribution < -0.4 is 0 Å². The minimum atomic E-state index is 0.0186. The summed E-state index contributed by atoms with van der Waals surface area (Å²) in [5.74, 6) is 0.958. The summed E-state index contributed by atoms with van der Waals surface area (Å²) >= 11 is 3.42. The Balaban J connectivity index is 2.16. The fourth-order valence-electron chi connectivity index (χ4n) is 1.34. The van der Waals surface area contributed by atoms with Crippen molar-refractivity contribution in [2.45, 2.75) is 45.1 Å². The lowest BCUT2D eigenvalue weighted by Crippen LogP contribution is -2.17. The summed E-state index contributed by atoms with van der Waals surface area (Å²) < 4.78 is 5.49. The van der Waals surface area contributed by atoms with Gasteiger partial charge in [0.1, 0.15) is 6.61 Å². The molecule has 0 spiro atoms. The Kier molecular flexibility index (Phi) is 4.23. The van der Waals surface area contributed by atoms with E-state index in [4.69, 9.17) is 4.74 Å². The van der Waals surface area contributed by atoms with E-state index < -0.39 is 0 Å². The smallest absolute Gasteiger partial charge is 0.183 e. The third-order valence-corrected chi connectivity index (χ3v) is 2.60. The molecule has 1 rings (SSSR count). The van der Waals surface area contributed by atoms with E-state index in [-0.39, 0.29) is 5.54 Å². The summed E-state index contributed by atoms with van der Waals surface area (Å²) in [6.07, 6.45) is 4.71. The third-order valence-electron chi connectivity index (χ3n) is 2.04. The van der Waals surface area contributed by atoms with Gasteiger partial charge in [-0.15, -0.1) is 0 Å². The lowest BCUT2D eigenvalue weighted by Gasteiger charge is -2.07. The van der Waals surface area contributed by atoms with Crippen LogP contribution in [0, 0.1) is 0 Å². The van der Waals surface area contributed by atoms with Crippen LogP contribution in [-0.2, 0) is 4.74 Å². The molecular weight excluding hydrogens is 230 g/mol. The number of nitrogens with zero attached hydrogens (tertiary/aromatic N) is 1. The zero-order valence-electron chi connectivity index (χ0n) is 8.48. The quantitative estimate of drug-likeness (QED) is 0.541. The van der Waals surface area contributed by atoms with Crippen molar-refractivity contribution in [2.24, 2.45) is 4.99 Å². The maximum Gasteiger partial charge on any atom is 0.183 e. The van der Waals surface area contributed by atoms with E-state index in [1.165, 1.54) is 19.3 Å². The van der Waals surface area contributed by atoms with Gasteiger partial charge in [0.15, 0.2) is 5.90 Å². The molecule has 0 fully saturated rings. The molecular formula is C10H18BrNO. The molecule has 0 bridgehead atoms. The van der Waals surface area contributed by atoms with Gasteiger partial charge in [-0.05, 0) is 26.7 Å². The first kappa shape index (κ1) is 11.0. The number of hydrogen-bond donors (Lipinski definition) is 0. The molecule has 0 radical (unpaired) electrons. The van der Waals surface area contributed by atoms with Crippen molar-refractivity contribution >= 4 is 21.8 Å². The molecule has 0 atom stereocenters. The molecule has 13 heavy (non-hydrogen) atoms. The Morgan fingerprint density at radius 2 is 2.15 bits per heavy atom. The van der Waals surface area contributed by atoms with Crippen molar-refractivity contribution in [3.8, 4) is 0 Å². The Morgan fingerprint density at radius 3 is 2.69 bits per heavy atom. The highest BCUT2D eigenvalue weighted by molar-refractivity contribution is 9.09. The van der Waals surface area contributed by atoms with E-state index in [0.29, 0.717) is 0 Å². The summed E-state index contributed by atoms with van der Waals surface area (Å²) in [6.45, 7) is 4.97. The summed E-state index contributed by atoms with van der Waals surface area (Å²) in [6, 6.07) is 0. The molecule has 76 valence electrons. The number of alkyl halides is 1. The molecule has 1 aliphatic heterocycles. The van der Waals surface area contributed by atoms with Gasteiger partial charge < -0.3 is 4.74 Å². The lowest BCUT2D eigenvalue weighted by atomic mass is 10.1. The molecule has 0 aromatic carbocycles. The average Bonchev–Trinajstić information content (AvgIpc) is 2.40. The Morgan fingerprint density at radius 1 is 1.38 bits per heavy atom. The Bertz CT molecular complexity index is 189. The molecule has 1 aliphatic rings. The second-order valence-electron chi connectivity index (χ2n) is 4.11. The van der Waals surface area contributed by atoms with E-state index in [2.05, 4.69) is 34.8 Å². The fraction of sp³-hybridized carbons (Fsp3) is 0.900. The van der Waals surface area contributed by atoms with Crippen LogP contribution in [0.2, 0.25) is 0 Å². The first-order chi connectivity index (χ1) is 6.14. The maximum atomic E-state index is 5.49. The van der Waals surface area contributed by atoms with Gasteiger partial charge in [-0.25, -0.2) is 4.99 Å². The van der Waals surface area contributed by atoms with Crippen molar-refractivity contribution in [2.75, 3.05) is 11.9 Å². The summed E-state index contributed by atoms with van der Waals surface area (Å²) in [7, 11) is 0. The summed E-state index contributed by atoms with van der Waals surface area (Å²) in [4.78, 5) is 4.50. The number of halogens is 1. The lowest BCUT2D eigenvalue weighted by molar-refractivity contribution is 0.273. The molecule has 0 aromatic rings. The third kappa shape index (κ3) is 4.12. The molecule has 1 heterocycles. The number of rotatable bonds is 5. The molecule has 0 amide bonds. The molecule has 2 nitrogen and oxygen atoms in total. The van der Waals surface area contributed by atoms with Gasteiger partial charge in [-0.1, -0.05) is 22.4 Å². The molecule has 0 saturated carbocycles. The topological polar surface area (TPSA) is 21.6 Å². The summed E-state index contributed by atoms with van der Waals surface area (Å²) in [5.41, 5.74) is 0.0186. The number of aliphatic imine (C=N–C) groups is 1. The predicted octanol–water partition coefficient (Wildman–Crippen LogP) is 3.15. The SMILES string of the molecule is CC1(C)COC(CCCCCBr)=N1.